The number of nitrogens with one attached hydrogen (secondary N) is 1. The van der Waals surface area contributed by atoms with Crippen molar-refractivity contribution < 1.29 is 13.2 Å². The highest BCUT2D eigenvalue weighted by atomic mass is 32.2. The van der Waals surface area contributed by atoms with Crippen molar-refractivity contribution in [3.8, 4) is 0 Å². The van der Waals surface area contributed by atoms with E-state index in [-0.39, 0.29) is 11.9 Å². The van der Waals surface area contributed by atoms with E-state index in [0.717, 1.165) is 29.5 Å². The molecule has 0 bridgehead atoms. The molecule has 1 heterocycles. The van der Waals surface area contributed by atoms with E-state index in [9.17, 15) is 13.2 Å². The van der Waals surface area contributed by atoms with Crippen LogP contribution in [0.2, 0.25) is 0 Å². The van der Waals surface area contributed by atoms with Crippen molar-refractivity contribution in [1.29, 1.82) is 0 Å². The van der Waals surface area contributed by atoms with Crippen LogP contribution in [0.1, 0.15) is 43.4 Å². The fourth-order valence-electron chi connectivity index (χ4n) is 3.80. The summed E-state index contributed by atoms with van der Waals surface area (Å²) in [6.45, 7) is 12.1. The molecular weight excluding hydrogens is 362 g/mol. The van der Waals surface area contributed by atoms with Crippen LogP contribution in [-0.4, -0.2) is 62.3 Å². The molecule has 1 fully saturated rings. The molecule has 1 saturated heterocycles. The number of amides is 1. The van der Waals surface area contributed by atoms with Crippen molar-refractivity contribution in [3.05, 3.63) is 28.8 Å². The molecule has 1 N–H and O–H groups in total. The highest BCUT2D eigenvalue weighted by molar-refractivity contribution is 7.89. The SMILES string of the molecule is CCC(CC)NC(=O)CN1CCN(S(=O)(=O)c2c(C)cc(C)cc2C)CC1. The van der Waals surface area contributed by atoms with E-state index in [1.54, 1.807) is 4.31 Å². The first kappa shape index (κ1) is 21.9. The van der Waals surface area contributed by atoms with Crippen molar-refractivity contribution in [2.45, 2.75) is 58.4 Å². The Kier molecular flexibility index (Phi) is 7.42. The Morgan fingerprint density at radius 2 is 1.56 bits per heavy atom. The second-order valence-electron chi connectivity index (χ2n) is 7.49. The van der Waals surface area contributed by atoms with Gasteiger partial charge in [0, 0.05) is 32.2 Å². The van der Waals surface area contributed by atoms with Crippen LogP contribution < -0.4 is 5.32 Å². The monoisotopic (exact) mass is 395 g/mol. The highest BCUT2D eigenvalue weighted by Crippen LogP contribution is 2.26. The molecule has 0 atom stereocenters. The first-order valence-corrected chi connectivity index (χ1v) is 11.2. The van der Waals surface area contributed by atoms with Crippen LogP contribution in [0, 0.1) is 20.8 Å². The topological polar surface area (TPSA) is 69.7 Å². The van der Waals surface area contributed by atoms with Crippen LogP contribution >= 0.6 is 0 Å². The van der Waals surface area contributed by atoms with Crippen LogP contribution in [0.15, 0.2) is 17.0 Å². The maximum atomic E-state index is 13.1. The Morgan fingerprint density at radius 3 is 2.04 bits per heavy atom. The zero-order valence-electron chi connectivity index (χ0n) is 17.2. The molecule has 152 valence electrons. The zero-order chi connectivity index (χ0) is 20.2. The average Bonchev–Trinajstić information content (AvgIpc) is 2.59. The molecule has 1 aromatic rings. The van der Waals surface area contributed by atoms with E-state index in [1.165, 1.54) is 0 Å². The van der Waals surface area contributed by atoms with Crippen LogP contribution in [0.25, 0.3) is 0 Å². The van der Waals surface area contributed by atoms with Crippen molar-refractivity contribution in [3.63, 3.8) is 0 Å². The summed E-state index contributed by atoms with van der Waals surface area (Å²) in [6, 6.07) is 4.04. The summed E-state index contributed by atoms with van der Waals surface area (Å²) in [5.74, 6) is 0.0187. The van der Waals surface area contributed by atoms with Gasteiger partial charge in [-0.1, -0.05) is 31.5 Å². The lowest BCUT2D eigenvalue weighted by atomic mass is 10.1. The molecule has 0 aliphatic carbocycles. The van der Waals surface area contributed by atoms with Gasteiger partial charge in [-0.05, 0) is 44.7 Å². The number of carbonyl (C=O) groups is 1. The standard InChI is InChI=1S/C20H33N3O3S/c1-6-18(7-2)21-19(24)14-22-8-10-23(11-9-22)27(25,26)20-16(4)12-15(3)13-17(20)5/h12-13,18H,6-11,14H2,1-5H3,(H,21,24). The molecule has 0 aromatic heterocycles. The number of nitrogens with zero attached hydrogens (tertiary/aromatic N) is 2. The predicted octanol–water partition coefficient (Wildman–Crippen LogP) is 2.22. The number of sulfonamides is 1. The van der Waals surface area contributed by atoms with Crippen molar-refractivity contribution in [2.75, 3.05) is 32.7 Å². The molecule has 6 nitrogen and oxygen atoms in total. The second kappa shape index (κ2) is 9.17. The number of hydrogen-bond acceptors (Lipinski definition) is 4. The maximum Gasteiger partial charge on any atom is 0.243 e. The van der Waals surface area contributed by atoms with Gasteiger partial charge in [0.15, 0.2) is 0 Å². The van der Waals surface area contributed by atoms with E-state index >= 15 is 0 Å². The van der Waals surface area contributed by atoms with E-state index in [0.29, 0.717) is 37.6 Å². The minimum atomic E-state index is -3.51. The summed E-state index contributed by atoms with van der Waals surface area (Å²) < 4.78 is 27.8. The summed E-state index contributed by atoms with van der Waals surface area (Å²) in [4.78, 5) is 14.6. The first-order valence-electron chi connectivity index (χ1n) is 9.78. The minimum Gasteiger partial charge on any atom is -0.352 e. The lowest BCUT2D eigenvalue weighted by molar-refractivity contribution is -0.123. The Morgan fingerprint density at radius 1 is 1.04 bits per heavy atom. The Labute approximate surface area is 164 Å². The van der Waals surface area contributed by atoms with E-state index in [1.807, 2.05) is 37.8 Å². The zero-order valence-corrected chi connectivity index (χ0v) is 18.0. The molecule has 2 rings (SSSR count). The van der Waals surface area contributed by atoms with Gasteiger partial charge in [-0.2, -0.15) is 4.31 Å². The Bertz CT molecular complexity index is 742. The third-order valence-electron chi connectivity index (χ3n) is 5.25. The van der Waals surface area contributed by atoms with Gasteiger partial charge < -0.3 is 5.32 Å². The van der Waals surface area contributed by atoms with E-state index in [2.05, 4.69) is 19.2 Å². The maximum absolute atomic E-state index is 13.1. The summed E-state index contributed by atoms with van der Waals surface area (Å²) in [7, 11) is -3.51. The third kappa shape index (κ3) is 5.30. The Hall–Kier alpha value is -1.44. The number of rotatable bonds is 7. The number of benzene rings is 1. The fourth-order valence-corrected chi connectivity index (χ4v) is 5.63. The minimum absolute atomic E-state index is 0.0187. The lowest BCUT2D eigenvalue weighted by Crippen LogP contribution is -2.51. The lowest BCUT2D eigenvalue weighted by Gasteiger charge is -2.34. The Balaban J connectivity index is 2.00. The van der Waals surface area contributed by atoms with Crippen LogP contribution in [0.4, 0.5) is 0 Å². The normalized spacial score (nSPS) is 16.7. The van der Waals surface area contributed by atoms with Gasteiger partial charge in [0.2, 0.25) is 15.9 Å². The van der Waals surface area contributed by atoms with Gasteiger partial charge in [0.05, 0.1) is 11.4 Å². The molecule has 0 radical (unpaired) electrons. The van der Waals surface area contributed by atoms with Gasteiger partial charge in [-0.15, -0.1) is 0 Å². The van der Waals surface area contributed by atoms with Crippen LogP contribution in [0.5, 0.6) is 0 Å². The van der Waals surface area contributed by atoms with Gasteiger partial charge in [0.25, 0.3) is 0 Å². The van der Waals surface area contributed by atoms with Gasteiger partial charge in [0.1, 0.15) is 0 Å². The van der Waals surface area contributed by atoms with E-state index in [4.69, 9.17) is 0 Å². The molecule has 1 aromatic carbocycles. The molecule has 0 spiro atoms. The second-order valence-corrected chi connectivity index (χ2v) is 9.36. The number of hydrogen-bond donors (Lipinski definition) is 1. The van der Waals surface area contributed by atoms with E-state index < -0.39 is 10.0 Å². The average molecular weight is 396 g/mol. The number of carbonyl (C=O) groups excluding carboxylic acids is 1. The molecule has 1 aliphatic heterocycles. The summed E-state index contributed by atoms with van der Waals surface area (Å²) in [5.41, 5.74) is 2.65. The molecule has 0 saturated carbocycles. The molecule has 1 aliphatic rings. The molecular formula is C20H33N3O3S. The summed E-state index contributed by atoms with van der Waals surface area (Å²) in [5, 5.41) is 3.04. The largest absolute Gasteiger partial charge is 0.352 e. The molecule has 7 heteroatoms. The smallest absolute Gasteiger partial charge is 0.243 e. The fraction of sp³-hybridized carbons (Fsp3) is 0.650. The summed E-state index contributed by atoms with van der Waals surface area (Å²) in [6.07, 6.45) is 1.84. The molecule has 1 amide bonds. The van der Waals surface area contributed by atoms with Gasteiger partial charge >= 0.3 is 0 Å². The quantitative estimate of drug-likeness (QED) is 0.769. The predicted molar refractivity (Wildman–Crippen MR) is 108 cm³/mol. The van der Waals surface area contributed by atoms with Gasteiger partial charge in [-0.25, -0.2) is 8.42 Å². The summed E-state index contributed by atoms with van der Waals surface area (Å²) >= 11 is 0. The van der Waals surface area contributed by atoms with Crippen LogP contribution in [-0.2, 0) is 14.8 Å². The molecule has 0 unspecified atom stereocenters. The van der Waals surface area contributed by atoms with Crippen molar-refractivity contribution in [1.82, 2.24) is 14.5 Å². The van der Waals surface area contributed by atoms with Crippen molar-refractivity contribution >= 4 is 15.9 Å². The van der Waals surface area contributed by atoms with Crippen LogP contribution in [0.3, 0.4) is 0 Å². The third-order valence-corrected chi connectivity index (χ3v) is 7.46. The number of aryl methyl sites for hydroxylation is 3. The van der Waals surface area contributed by atoms with Crippen molar-refractivity contribution in [2.24, 2.45) is 0 Å². The first-order chi connectivity index (χ1) is 12.7. The molecule has 27 heavy (non-hydrogen) atoms. The highest BCUT2D eigenvalue weighted by Gasteiger charge is 2.31. The van der Waals surface area contributed by atoms with Gasteiger partial charge in [-0.3, -0.25) is 9.69 Å². The number of piperazine rings is 1.